The molecular weight excluding hydrogens is 377 g/mol. The van der Waals surface area contributed by atoms with E-state index in [0.29, 0.717) is 10.7 Å². The topological polar surface area (TPSA) is 58.9 Å². The zero-order valence-corrected chi connectivity index (χ0v) is 15.2. The van der Waals surface area contributed by atoms with Gasteiger partial charge in [0, 0.05) is 35.3 Å². The average molecular weight is 390 g/mol. The maximum Gasteiger partial charge on any atom is 0.156 e. The molecule has 5 nitrogen and oxygen atoms in total. The van der Waals surface area contributed by atoms with E-state index in [0.717, 1.165) is 33.8 Å². The van der Waals surface area contributed by atoms with Crippen molar-refractivity contribution in [1.29, 1.82) is 0 Å². The van der Waals surface area contributed by atoms with E-state index >= 15 is 0 Å². The lowest BCUT2D eigenvalue weighted by atomic mass is 10.0. The highest BCUT2D eigenvalue weighted by Gasteiger charge is 2.16. The Morgan fingerprint density at radius 3 is 2.64 bits per heavy atom. The molecule has 5 rings (SSSR count). The quantitative estimate of drug-likeness (QED) is 0.458. The molecule has 0 aliphatic rings. The van der Waals surface area contributed by atoms with Gasteiger partial charge in [-0.3, -0.25) is 14.5 Å². The number of imidazole rings is 1. The van der Waals surface area contributed by atoms with E-state index in [1.54, 1.807) is 30.7 Å². The molecule has 0 fully saturated rings. The Labute approximate surface area is 164 Å². The van der Waals surface area contributed by atoms with Crippen molar-refractivity contribution in [3.05, 3.63) is 84.2 Å². The molecule has 0 saturated heterocycles. The molecule has 136 valence electrons. The number of hydrogen-bond acceptors (Lipinski definition) is 3. The number of fused-ring (bicyclic) bond motifs is 1. The van der Waals surface area contributed by atoms with Crippen LogP contribution in [0.3, 0.4) is 0 Å². The third-order valence-electron chi connectivity index (χ3n) is 4.56. The molecule has 7 heteroatoms. The first-order chi connectivity index (χ1) is 13.7. The molecule has 0 amide bonds. The molecule has 28 heavy (non-hydrogen) atoms. The number of nitrogens with zero attached hydrogens (tertiary/aromatic N) is 4. The highest BCUT2D eigenvalue weighted by atomic mass is 35.5. The fraction of sp³-hybridized carbons (Fsp3) is 0. The predicted octanol–water partition coefficient (Wildman–Crippen LogP) is 5.25. The first-order valence-electron chi connectivity index (χ1n) is 8.59. The van der Waals surface area contributed by atoms with Crippen LogP contribution < -0.4 is 0 Å². The summed E-state index contributed by atoms with van der Waals surface area (Å²) in [5, 5.41) is 7.76. The Morgan fingerprint density at radius 1 is 1.00 bits per heavy atom. The van der Waals surface area contributed by atoms with Crippen LogP contribution in [0.2, 0.25) is 5.02 Å². The van der Waals surface area contributed by atoms with Gasteiger partial charge in [-0.15, -0.1) is 0 Å². The lowest BCUT2D eigenvalue weighted by Gasteiger charge is -2.08. The Balaban J connectivity index is 1.69. The van der Waals surface area contributed by atoms with E-state index in [9.17, 15) is 4.39 Å². The summed E-state index contributed by atoms with van der Waals surface area (Å²) in [4.78, 5) is 8.84. The maximum absolute atomic E-state index is 13.3. The third-order valence-corrected chi connectivity index (χ3v) is 4.84. The van der Waals surface area contributed by atoms with Gasteiger partial charge in [0.1, 0.15) is 5.82 Å². The van der Waals surface area contributed by atoms with E-state index in [-0.39, 0.29) is 5.82 Å². The van der Waals surface area contributed by atoms with Gasteiger partial charge in [-0.1, -0.05) is 17.7 Å². The molecule has 0 bridgehead atoms. The minimum Gasteiger partial charge on any atom is -0.296 e. The highest BCUT2D eigenvalue weighted by Crippen LogP contribution is 2.34. The number of aromatic amines is 1. The Hall–Kier alpha value is -3.51. The number of pyridine rings is 2. The number of halogens is 2. The first-order valence-corrected chi connectivity index (χ1v) is 8.96. The molecule has 0 saturated carbocycles. The number of H-pyrrole nitrogens is 1. The molecule has 0 aliphatic heterocycles. The summed E-state index contributed by atoms with van der Waals surface area (Å²) in [6, 6.07) is 13.8. The van der Waals surface area contributed by atoms with Crippen molar-refractivity contribution < 1.29 is 4.39 Å². The van der Waals surface area contributed by atoms with Crippen molar-refractivity contribution in [3.63, 3.8) is 0 Å². The summed E-state index contributed by atoms with van der Waals surface area (Å²) in [6.07, 6.45) is 7.25. The van der Waals surface area contributed by atoms with Gasteiger partial charge in [-0.05, 0) is 42.5 Å². The van der Waals surface area contributed by atoms with Crippen molar-refractivity contribution in [2.75, 3.05) is 0 Å². The summed E-state index contributed by atoms with van der Waals surface area (Å²) in [7, 11) is 0. The van der Waals surface area contributed by atoms with Gasteiger partial charge in [-0.25, -0.2) is 9.37 Å². The van der Waals surface area contributed by atoms with Crippen LogP contribution in [-0.4, -0.2) is 24.6 Å². The highest BCUT2D eigenvalue weighted by molar-refractivity contribution is 6.33. The van der Waals surface area contributed by atoms with Gasteiger partial charge in [0.25, 0.3) is 0 Å². The lowest BCUT2D eigenvalue weighted by Crippen LogP contribution is -1.93. The Bertz CT molecular complexity index is 1280. The lowest BCUT2D eigenvalue weighted by molar-refractivity contribution is 0.628. The van der Waals surface area contributed by atoms with Crippen LogP contribution in [0.1, 0.15) is 0 Å². The third kappa shape index (κ3) is 2.75. The minimum atomic E-state index is -0.288. The van der Waals surface area contributed by atoms with E-state index in [4.69, 9.17) is 11.6 Å². The van der Waals surface area contributed by atoms with Gasteiger partial charge in [0.2, 0.25) is 0 Å². The molecule has 4 heterocycles. The second kappa shape index (κ2) is 6.58. The number of rotatable bonds is 3. The smallest absolute Gasteiger partial charge is 0.156 e. The molecule has 0 spiro atoms. The predicted molar refractivity (Wildman–Crippen MR) is 106 cm³/mol. The zero-order valence-electron chi connectivity index (χ0n) is 14.5. The minimum absolute atomic E-state index is 0.288. The second-order valence-corrected chi connectivity index (χ2v) is 6.69. The largest absolute Gasteiger partial charge is 0.296 e. The molecule has 1 aromatic carbocycles. The van der Waals surface area contributed by atoms with Gasteiger partial charge in [0.15, 0.2) is 5.65 Å². The second-order valence-electron chi connectivity index (χ2n) is 6.28. The molecule has 1 N–H and O–H groups in total. The Kier molecular flexibility index (Phi) is 3.91. The molecule has 0 atom stereocenters. The number of nitrogens with one attached hydrogen (secondary N) is 1. The molecule has 4 aromatic heterocycles. The van der Waals surface area contributed by atoms with Gasteiger partial charge in [-0.2, -0.15) is 5.10 Å². The summed E-state index contributed by atoms with van der Waals surface area (Å²) >= 11 is 6.52. The summed E-state index contributed by atoms with van der Waals surface area (Å²) in [6.45, 7) is 0. The summed E-state index contributed by atoms with van der Waals surface area (Å²) < 4.78 is 15.2. The van der Waals surface area contributed by atoms with Crippen molar-refractivity contribution in [2.45, 2.75) is 0 Å². The molecule has 0 unspecified atom stereocenters. The molecule has 0 radical (unpaired) electrons. The molecule has 0 aliphatic carbocycles. The fourth-order valence-corrected chi connectivity index (χ4v) is 3.49. The van der Waals surface area contributed by atoms with Gasteiger partial charge in [0.05, 0.1) is 28.3 Å². The SMILES string of the molecule is Fc1ccc(-c2n[nH]cc2-c2cc(Cl)c3ncc(-c4ccccn4)n3c2)cc1. The van der Waals surface area contributed by atoms with Crippen molar-refractivity contribution in [2.24, 2.45) is 0 Å². The van der Waals surface area contributed by atoms with Crippen LogP contribution in [0.25, 0.3) is 39.4 Å². The van der Waals surface area contributed by atoms with Crippen LogP contribution in [0.15, 0.2) is 73.3 Å². The van der Waals surface area contributed by atoms with Crippen LogP contribution in [0.5, 0.6) is 0 Å². The van der Waals surface area contributed by atoms with Crippen LogP contribution in [-0.2, 0) is 0 Å². The maximum atomic E-state index is 13.3. The van der Waals surface area contributed by atoms with Crippen molar-refractivity contribution in [3.8, 4) is 33.8 Å². The van der Waals surface area contributed by atoms with Crippen molar-refractivity contribution in [1.82, 2.24) is 24.6 Å². The van der Waals surface area contributed by atoms with E-state index < -0.39 is 0 Å². The monoisotopic (exact) mass is 389 g/mol. The van der Waals surface area contributed by atoms with Crippen molar-refractivity contribution >= 4 is 17.2 Å². The van der Waals surface area contributed by atoms with E-state index in [1.165, 1.54) is 12.1 Å². The molecule has 5 aromatic rings. The van der Waals surface area contributed by atoms with Crippen LogP contribution >= 0.6 is 11.6 Å². The average Bonchev–Trinajstić information content (AvgIpc) is 3.37. The number of aromatic nitrogens is 5. The normalized spacial score (nSPS) is 11.2. The molecular formula is C21H13ClFN5. The fourth-order valence-electron chi connectivity index (χ4n) is 3.23. The van der Waals surface area contributed by atoms with Crippen LogP contribution in [0.4, 0.5) is 4.39 Å². The first kappa shape index (κ1) is 16.6. The number of benzene rings is 1. The van der Waals surface area contributed by atoms with Gasteiger partial charge < -0.3 is 0 Å². The number of hydrogen-bond donors (Lipinski definition) is 1. The standard InChI is InChI=1S/C21H13ClFN5/c22-17-9-14(16-10-26-27-20(16)13-4-6-15(23)7-5-13)12-28-19(11-25-21(17)28)18-3-1-2-8-24-18/h1-12H,(H,26,27). The summed E-state index contributed by atoms with van der Waals surface area (Å²) in [5.74, 6) is -0.288. The zero-order chi connectivity index (χ0) is 19.1. The Morgan fingerprint density at radius 2 is 1.86 bits per heavy atom. The van der Waals surface area contributed by atoms with Crippen LogP contribution in [0, 0.1) is 5.82 Å². The van der Waals surface area contributed by atoms with Gasteiger partial charge >= 0.3 is 0 Å². The van der Waals surface area contributed by atoms with E-state index in [1.807, 2.05) is 34.9 Å². The van der Waals surface area contributed by atoms with E-state index in [2.05, 4.69) is 20.2 Å². The summed E-state index contributed by atoms with van der Waals surface area (Å²) in [5.41, 5.74) is 5.54.